The van der Waals surface area contributed by atoms with E-state index in [2.05, 4.69) is 28.2 Å². The van der Waals surface area contributed by atoms with Gasteiger partial charge in [-0.2, -0.15) is 0 Å². The average Bonchev–Trinajstić information content (AvgIpc) is 2.40. The van der Waals surface area contributed by atoms with Crippen molar-refractivity contribution < 1.29 is 9.53 Å². The van der Waals surface area contributed by atoms with Crippen molar-refractivity contribution in [1.29, 1.82) is 0 Å². The molecule has 0 aromatic heterocycles. The molecule has 19 heavy (non-hydrogen) atoms. The first-order chi connectivity index (χ1) is 9.02. The molecule has 104 valence electrons. The Kier molecular flexibility index (Phi) is 4.47. The smallest absolute Gasteiger partial charge is 0.252 e. The van der Waals surface area contributed by atoms with E-state index >= 15 is 0 Å². The average molecular weight is 327 g/mol. The number of ether oxygens (including phenoxy) is 1. The van der Waals surface area contributed by atoms with Crippen LogP contribution in [-0.4, -0.2) is 25.7 Å². The molecular weight excluding hydrogens is 308 g/mol. The Morgan fingerprint density at radius 1 is 1.47 bits per heavy atom. The number of nitrogen functional groups attached to an aromatic ring is 1. The number of benzene rings is 1. The van der Waals surface area contributed by atoms with Gasteiger partial charge in [0.25, 0.3) is 5.91 Å². The molecule has 0 saturated carbocycles. The molecule has 0 unspecified atom stereocenters. The second-order valence-corrected chi connectivity index (χ2v) is 6.11. The molecule has 1 heterocycles. The van der Waals surface area contributed by atoms with E-state index in [9.17, 15) is 4.79 Å². The van der Waals surface area contributed by atoms with Crippen molar-refractivity contribution in [2.24, 2.45) is 5.41 Å². The minimum atomic E-state index is -0.0908. The highest BCUT2D eigenvalue weighted by Gasteiger charge is 2.28. The summed E-state index contributed by atoms with van der Waals surface area (Å²) in [4.78, 5) is 12.2. The zero-order valence-electron chi connectivity index (χ0n) is 11.0. The summed E-state index contributed by atoms with van der Waals surface area (Å²) in [6.07, 6.45) is 1.96. The summed E-state index contributed by atoms with van der Waals surface area (Å²) in [7, 11) is 0. The lowest BCUT2D eigenvalue weighted by Crippen LogP contribution is -2.39. The van der Waals surface area contributed by atoms with Gasteiger partial charge in [0.1, 0.15) is 0 Å². The van der Waals surface area contributed by atoms with E-state index in [1.54, 1.807) is 18.2 Å². The second kappa shape index (κ2) is 5.92. The third-order valence-corrected chi connectivity index (χ3v) is 4.53. The minimum Gasteiger partial charge on any atom is -0.398 e. The Morgan fingerprint density at radius 2 is 2.16 bits per heavy atom. The largest absolute Gasteiger partial charge is 0.398 e. The molecule has 1 fully saturated rings. The lowest BCUT2D eigenvalue weighted by atomic mass is 9.82. The Morgan fingerprint density at radius 3 is 2.84 bits per heavy atom. The van der Waals surface area contributed by atoms with Crippen molar-refractivity contribution in [2.45, 2.75) is 19.8 Å². The highest BCUT2D eigenvalue weighted by atomic mass is 79.9. The van der Waals surface area contributed by atoms with E-state index in [0.717, 1.165) is 26.1 Å². The van der Waals surface area contributed by atoms with E-state index in [4.69, 9.17) is 10.5 Å². The predicted octanol–water partition coefficient (Wildman–Crippen LogP) is 2.58. The molecule has 0 spiro atoms. The normalized spacial score (nSPS) is 18.0. The molecule has 1 amide bonds. The number of halogens is 1. The zero-order chi connectivity index (χ0) is 13.9. The van der Waals surface area contributed by atoms with Gasteiger partial charge in [-0.15, -0.1) is 0 Å². The summed E-state index contributed by atoms with van der Waals surface area (Å²) in [6.45, 7) is 4.39. The fourth-order valence-electron chi connectivity index (χ4n) is 2.16. The Hall–Kier alpha value is -1.07. The molecule has 0 atom stereocenters. The molecule has 4 nitrogen and oxygen atoms in total. The molecule has 1 saturated heterocycles. The Balaban J connectivity index is 1.99. The standard InChI is InChI=1S/C14H19BrN2O2/c1-14(5-7-19-8-6-14)9-17-13(18)10-3-2-4-11(16)12(10)15/h2-4H,5-9,16H2,1H3,(H,17,18). The van der Waals surface area contributed by atoms with Gasteiger partial charge in [0.15, 0.2) is 0 Å². The van der Waals surface area contributed by atoms with Crippen LogP contribution >= 0.6 is 15.9 Å². The topological polar surface area (TPSA) is 64.4 Å². The van der Waals surface area contributed by atoms with E-state index < -0.39 is 0 Å². The van der Waals surface area contributed by atoms with E-state index in [-0.39, 0.29) is 11.3 Å². The number of carbonyl (C=O) groups excluding carboxylic acids is 1. The summed E-state index contributed by atoms with van der Waals surface area (Å²) >= 11 is 3.35. The number of nitrogens with one attached hydrogen (secondary N) is 1. The van der Waals surface area contributed by atoms with Crippen LogP contribution in [0.1, 0.15) is 30.1 Å². The van der Waals surface area contributed by atoms with Gasteiger partial charge >= 0.3 is 0 Å². The first-order valence-electron chi connectivity index (χ1n) is 6.42. The molecule has 1 aromatic rings. The van der Waals surface area contributed by atoms with Crippen molar-refractivity contribution >= 4 is 27.5 Å². The van der Waals surface area contributed by atoms with Crippen LogP contribution in [0.5, 0.6) is 0 Å². The molecule has 2 rings (SSSR count). The Bertz CT molecular complexity index is 471. The number of anilines is 1. The van der Waals surface area contributed by atoms with E-state index in [0.29, 0.717) is 22.3 Å². The molecule has 5 heteroatoms. The van der Waals surface area contributed by atoms with Gasteiger partial charge in [-0.1, -0.05) is 13.0 Å². The van der Waals surface area contributed by atoms with Crippen LogP contribution in [0, 0.1) is 5.41 Å². The number of hydrogen-bond donors (Lipinski definition) is 2. The van der Waals surface area contributed by atoms with Gasteiger partial charge in [0.05, 0.1) is 10.0 Å². The highest BCUT2D eigenvalue weighted by molar-refractivity contribution is 9.10. The monoisotopic (exact) mass is 326 g/mol. The minimum absolute atomic E-state index is 0.0908. The van der Waals surface area contributed by atoms with Crippen molar-refractivity contribution in [2.75, 3.05) is 25.5 Å². The fourth-order valence-corrected chi connectivity index (χ4v) is 2.60. The van der Waals surface area contributed by atoms with Crippen LogP contribution < -0.4 is 11.1 Å². The van der Waals surface area contributed by atoms with Crippen LogP contribution in [0.3, 0.4) is 0 Å². The van der Waals surface area contributed by atoms with Crippen molar-refractivity contribution in [3.05, 3.63) is 28.2 Å². The summed E-state index contributed by atoms with van der Waals surface area (Å²) in [6, 6.07) is 5.31. The van der Waals surface area contributed by atoms with Gasteiger partial charge in [0, 0.05) is 25.4 Å². The molecule has 3 N–H and O–H groups in total. The summed E-state index contributed by atoms with van der Waals surface area (Å²) in [5.41, 5.74) is 7.06. The van der Waals surface area contributed by atoms with E-state index in [1.807, 2.05) is 0 Å². The number of hydrogen-bond acceptors (Lipinski definition) is 3. The third kappa shape index (κ3) is 3.48. The summed E-state index contributed by atoms with van der Waals surface area (Å²) < 4.78 is 6.01. The van der Waals surface area contributed by atoms with Gasteiger partial charge in [-0.3, -0.25) is 4.79 Å². The van der Waals surface area contributed by atoms with Crippen LogP contribution in [0.2, 0.25) is 0 Å². The van der Waals surface area contributed by atoms with E-state index in [1.165, 1.54) is 0 Å². The third-order valence-electron chi connectivity index (χ3n) is 3.65. The maximum absolute atomic E-state index is 12.2. The fraction of sp³-hybridized carbons (Fsp3) is 0.500. The first-order valence-corrected chi connectivity index (χ1v) is 7.21. The predicted molar refractivity (Wildman–Crippen MR) is 79.0 cm³/mol. The zero-order valence-corrected chi connectivity index (χ0v) is 12.6. The summed E-state index contributed by atoms with van der Waals surface area (Å²) in [5, 5.41) is 3.00. The number of rotatable bonds is 3. The Labute approximate surface area is 121 Å². The maximum Gasteiger partial charge on any atom is 0.252 e. The maximum atomic E-state index is 12.2. The molecule has 1 aliphatic rings. The van der Waals surface area contributed by atoms with Crippen LogP contribution in [0.4, 0.5) is 5.69 Å². The molecule has 0 bridgehead atoms. The number of nitrogens with two attached hydrogens (primary N) is 1. The van der Waals surface area contributed by atoms with Gasteiger partial charge < -0.3 is 15.8 Å². The number of carbonyl (C=O) groups is 1. The molecule has 1 aliphatic heterocycles. The lowest BCUT2D eigenvalue weighted by Gasteiger charge is -2.33. The SMILES string of the molecule is CC1(CNC(=O)c2cccc(N)c2Br)CCOCC1. The summed E-state index contributed by atoms with van der Waals surface area (Å²) in [5.74, 6) is -0.0908. The van der Waals surface area contributed by atoms with Gasteiger partial charge in [0.2, 0.25) is 0 Å². The first kappa shape index (κ1) is 14.3. The second-order valence-electron chi connectivity index (χ2n) is 5.31. The molecule has 1 aromatic carbocycles. The van der Waals surface area contributed by atoms with Gasteiger partial charge in [-0.25, -0.2) is 0 Å². The van der Waals surface area contributed by atoms with Crippen LogP contribution in [0.15, 0.2) is 22.7 Å². The molecule has 0 aliphatic carbocycles. The molecular formula is C14H19BrN2O2. The lowest BCUT2D eigenvalue weighted by molar-refractivity contribution is 0.0238. The van der Waals surface area contributed by atoms with Crippen molar-refractivity contribution in [1.82, 2.24) is 5.32 Å². The van der Waals surface area contributed by atoms with Gasteiger partial charge in [-0.05, 0) is 46.3 Å². The molecule has 0 radical (unpaired) electrons. The quantitative estimate of drug-likeness (QED) is 0.839. The van der Waals surface area contributed by atoms with Crippen molar-refractivity contribution in [3.8, 4) is 0 Å². The highest BCUT2D eigenvalue weighted by Crippen LogP contribution is 2.29. The number of amides is 1. The van der Waals surface area contributed by atoms with Crippen LogP contribution in [0.25, 0.3) is 0 Å². The van der Waals surface area contributed by atoms with Crippen molar-refractivity contribution in [3.63, 3.8) is 0 Å². The van der Waals surface area contributed by atoms with Crippen LogP contribution in [-0.2, 0) is 4.74 Å².